The van der Waals surface area contributed by atoms with E-state index in [4.69, 9.17) is 17.2 Å². The van der Waals surface area contributed by atoms with Gasteiger partial charge in [0.1, 0.15) is 0 Å². The first-order valence-corrected chi connectivity index (χ1v) is 7.95. The molecule has 0 saturated heterocycles. The van der Waals surface area contributed by atoms with E-state index in [1.807, 2.05) is 0 Å². The largest absolute Gasteiger partial charge is 0.225 e. The third kappa shape index (κ3) is 1.45. The maximum Gasteiger partial charge on any atom is 0.0769 e. The molecule has 0 aromatic rings. The first kappa shape index (κ1) is 12.8. The van der Waals surface area contributed by atoms with Gasteiger partial charge in [-0.05, 0) is 72.9 Å². The molecule has 6 atom stereocenters. The van der Waals surface area contributed by atoms with Crippen molar-refractivity contribution >= 4 is 17.4 Å². The lowest BCUT2D eigenvalue weighted by atomic mass is 9.71. The number of rotatable bonds is 1. The monoisotopic (exact) mass is 263 g/mol. The van der Waals surface area contributed by atoms with Crippen LogP contribution >= 0.6 is 12.2 Å². The van der Waals surface area contributed by atoms with Gasteiger partial charge >= 0.3 is 0 Å². The highest BCUT2D eigenvalue weighted by molar-refractivity contribution is 7.78. The molecule has 3 rings (SSSR count). The topological polar surface area (TPSA) is 12.4 Å². The Morgan fingerprint density at radius 3 is 2.50 bits per heavy atom. The average Bonchev–Trinajstić information content (AvgIpc) is 2.73. The van der Waals surface area contributed by atoms with Crippen LogP contribution in [-0.2, 0) is 0 Å². The van der Waals surface area contributed by atoms with E-state index in [1.54, 1.807) is 0 Å². The van der Waals surface area contributed by atoms with Gasteiger partial charge < -0.3 is 0 Å². The molecule has 0 heterocycles. The number of isothiocyanates is 1. The summed E-state index contributed by atoms with van der Waals surface area (Å²) in [6.45, 7) is 9.78. The Bertz CT molecular complexity index is 409. The van der Waals surface area contributed by atoms with Crippen molar-refractivity contribution in [3.05, 3.63) is 0 Å². The molecular formula is C16H25NS. The minimum absolute atomic E-state index is 0.133. The number of hydrogen-bond acceptors (Lipinski definition) is 2. The summed E-state index contributed by atoms with van der Waals surface area (Å²) < 4.78 is 0. The first-order chi connectivity index (χ1) is 8.45. The van der Waals surface area contributed by atoms with Gasteiger partial charge in [0.2, 0.25) is 0 Å². The number of aliphatic imine (C=N–C) groups is 1. The lowest BCUT2D eigenvalue weighted by Crippen LogP contribution is -2.41. The molecule has 2 heteroatoms. The van der Waals surface area contributed by atoms with Crippen molar-refractivity contribution in [3.8, 4) is 0 Å². The molecule has 18 heavy (non-hydrogen) atoms. The van der Waals surface area contributed by atoms with Crippen molar-refractivity contribution in [2.75, 3.05) is 0 Å². The zero-order chi connectivity index (χ0) is 13.1. The Labute approximate surface area is 116 Å². The quantitative estimate of drug-likeness (QED) is 0.498. The molecular weight excluding hydrogens is 238 g/mol. The summed E-state index contributed by atoms with van der Waals surface area (Å²) in [7, 11) is 0. The van der Waals surface area contributed by atoms with Crippen LogP contribution in [0, 0.1) is 35.0 Å². The Morgan fingerprint density at radius 2 is 1.83 bits per heavy atom. The summed E-state index contributed by atoms with van der Waals surface area (Å²) in [4.78, 5) is 4.78. The van der Waals surface area contributed by atoms with Gasteiger partial charge in [-0.15, -0.1) is 0 Å². The van der Waals surface area contributed by atoms with E-state index in [9.17, 15) is 0 Å². The fourth-order valence-corrected chi connectivity index (χ4v) is 5.76. The van der Waals surface area contributed by atoms with E-state index in [-0.39, 0.29) is 5.54 Å². The van der Waals surface area contributed by atoms with Crippen LogP contribution in [0.1, 0.15) is 53.4 Å². The van der Waals surface area contributed by atoms with E-state index < -0.39 is 0 Å². The van der Waals surface area contributed by atoms with Crippen LogP contribution in [0.15, 0.2) is 4.99 Å². The second-order valence-corrected chi connectivity index (χ2v) is 7.85. The van der Waals surface area contributed by atoms with E-state index in [0.29, 0.717) is 11.3 Å². The van der Waals surface area contributed by atoms with Gasteiger partial charge in [-0.2, -0.15) is 0 Å². The lowest BCUT2D eigenvalue weighted by molar-refractivity contribution is 0.163. The summed E-state index contributed by atoms with van der Waals surface area (Å²) in [5.41, 5.74) is 0.681. The number of hydrogen-bond donors (Lipinski definition) is 0. The fraction of sp³-hybridized carbons (Fsp3) is 0.938. The van der Waals surface area contributed by atoms with Crippen LogP contribution in [0.4, 0.5) is 0 Å². The molecule has 0 amide bonds. The summed E-state index contributed by atoms with van der Waals surface area (Å²) >= 11 is 4.98. The van der Waals surface area contributed by atoms with Crippen LogP contribution in [0.25, 0.3) is 0 Å². The zero-order valence-corrected chi connectivity index (χ0v) is 12.9. The third-order valence-electron chi connectivity index (χ3n) is 6.73. The maximum atomic E-state index is 4.98. The van der Waals surface area contributed by atoms with Crippen molar-refractivity contribution in [2.45, 2.75) is 58.9 Å². The summed E-state index contributed by atoms with van der Waals surface area (Å²) in [6, 6.07) is 0. The Hall–Kier alpha value is -0.200. The van der Waals surface area contributed by atoms with Crippen LogP contribution in [0.5, 0.6) is 0 Å². The predicted molar refractivity (Wildman–Crippen MR) is 78.8 cm³/mol. The molecule has 0 aliphatic heterocycles. The van der Waals surface area contributed by atoms with Gasteiger partial charge in [0, 0.05) is 0 Å². The molecule has 3 saturated carbocycles. The number of thiocarbonyl (C=S) groups is 1. The van der Waals surface area contributed by atoms with Crippen molar-refractivity contribution in [2.24, 2.45) is 40.0 Å². The molecule has 0 radical (unpaired) electrons. The summed E-state index contributed by atoms with van der Waals surface area (Å²) in [5.74, 6) is 4.07. The van der Waals surface area contributed by atoms with Crippen LogP contribution in [0.3, 0.4) is 0 Å². The normalized spacial score (nSPS) is 52.8. The minimum Gasteiger partial charge on any atom is -0.225 e. The zero-order valence-electron chi connectivity index (χ0n) is 12.1. The van der Waals surface area contributed by atoms with Crippen LogP contribution < -0.4 is 0 Å². The molecule has 0 N–H and O–H groups in total. The van der Waals surface area contributed by atoms with Crippen molar-refractivity contribution in [1.29, 1.82) is 0 Å². The lowest BCUT2D eigenvalue weighted by Gasteiger charge is -2.38. The highest BCUT2D eigenvalue weighted by Gasteiger charge is 2.69. The van der Waals surface area contributed by atoms with E-state index in [1.165, 1.54) is 25.7 Å². The Morgan fingerprint density at radius 1 is 1.11 bits per heavy atom. The second kappa shape index (κ2) is 3.90. The Balaban J connectivity index is 2.06. The summed E-state index contributed by atoms with van der Waals surface area (Å²) in [5, 5.41) is 2.75. The molecule has 0 unspecified atom stereocenters. The van der Waals surface area contributed by atoms with E-state index in [0.717, 1.165) is 23.7 Å². The first-order valence-electron chi connectivity index (χ1n) is 7.54. The van der Waals surface area contributed by atoms with Gasteiger partial charge in [-0.25, -0.2) is 4.99 Å². The Kier molecular flexibility index (Phi) is 2.78. The van der Waals surface area contributed by atoms with E-state index in [2.05, 4.69) is 32.9 Å². The second-order valence-electron chi connectivity index (χ2n) is 7.67. The summed E-state index contributed by atoms with van der Waals surface area (Å²) in [6.07, 6.45) is 5.29. The number of nitrogens with zero attached hydrogens (tertiary/aromatic N) is 1. The van der Waals surface area contributed by atoms with Crippen LogP contribution in [-0.4, -0.2) is 10.7 Å². The van der Waals surface area contributed by atoms with Gasteiger partial charge in [0.15, 0.2) is 0 Å². The predicted octanol–water partition coefficient (Wildman–Crippen LogP) is 4.58. The van der Waals surface area contributed by atoms with Crippen molar-refractivity contribution < 1.29 is 0 Å². The SMILES string of the molecule is C[C@@H]1CC[C@H]2[C@@H]([C@H]3[C@@H](C)CC[C@]31N=C=S)C2(C)C. The highest BCUT2D eigenvalue weighted by Crippen LogP contribution is 2.72. The van der Waals surface area contributed by atoms with Gasteiger partial charge in [0.05, 0.1) is 10.7 Å². The van der Waals surface area contributed by atoms with Crippen molar-refractivity contribution in [1.82, 2.24) is 0 Å². The van der Waals surface area contributed by atoms with E-state index >= 15 is 0 Å². The molecule has 100 valence electrons. The molecule has 0 aromatic heterocycles. The number of fused-ring (bicyclic) bond motifs is 3. The highest BCUT2D eigenvalue weighted by atomic mass is 32.1. The molecule has 0 spiro atoms. The van der Waals surface area contributed by atoms with Gasteiger partial charge in [-0.1, -0.05) is 27.7 Å². The average molecular weight is 263 g/mol. The smallest absolute Gasteiger partial charge is 0.0769 e. The fourth-order valence-electron chi connectivity index (χ4n) is 5.59. The molecule has 0 bridgehead atoms. The van der Waals surface area contributed by atoms with Gasteiger partial charge in [-0.3, -0.25) is 0 Å². The molecule has 1 nitrogen and oxygen atoms in total. The standard InChI is InChI=1S/C16H25NS/c1-10-7-8-16(17-9-18)11(2)5-6-12-14(13(10)16)15(12,3)4/h10-14H,5-8H2,1-4H3/t10-,11+,12-,13+,14-,16+/m0/s1. The molecule has 3 aliphatic carbocycles. The minimum atomic E-state index is 0.133. The molecule has 0 aromatic carbocycles. The maximum absolute atomic E-state index is 4.98. The van der Waals surface area contributed by atoms with Crippen molar-refractivity contribution in [3.63, 3.8) is 0 Å². The third-order valence-corrected chi connectivity index (χ3v) is 6.83. The van der Waals surface area contributed by atoms with Crippen LogP contribution in [0.2, 0.25) is 0 Å². The molecule has 3 aliphatic rings. The van der Waals surface area contributed by atoms with Gasteiger partial charge in [0.25, 0.3) is 0 Å². The molecule has 3 fully saturated rings.